The first-order chi connectivity index (χ1) is 14.2. The van der Waals surface area contributed by atoms with E-state index in [1.807, 2.05) is 60.7 Å². The van der Waals surface area contributed by atoms with Crippen molar-refractivity contribution in [3.05, 3.63) is 88.9 Å². The molecule has 0 spiro atoms. The van der Waals surface area contributed by atoms with Crippen LogP contribution in [0.5, 0.6) is 5.75 Å². The first-order valence-electron chi connectivity index (χ1n) is 9.82. The Hall–Kier alpha value is -2.98. The summed E-state index contributed by atoms with van der Waals surface area (Å²) in [5.41, 5.74) is 3.32. The van der Waals surface area contributed by atoms with Gasteiger partial charge in [-0.25, -0.2) is 0 Å². The molecule has 3 aromatic carbocycles. The van der Waals surface area contributed by atoms with E-state index in [4.69, 9.17) is 16.3 Å². The van der Waals surface area contributed by atoms with E-state index in [1.165, 1.54) is 0 Å². The Labute approximate surface area is 176 Å². The fraction of sp³-hybridized carbons (Fsp3) is 0.208. The monoisotopic (exact) mass is 406 g/mol. The Balaban J connectivity index is 1.43. The summed E-state index contributed by atoms with van der Waals surface area (Å²) in [6.45, 7) is 2.41. The van der Waals surface area contributed by atoms with Gasteiger partial charge in [-0.15, -0.1) is 0 Å². The Morgan fingerprint density at radius 3 is 2.38 bits per heavy atom. The molecule has 1 N–H and O–H groups in total. The van der Waals surface area contributed by atoms with Gasteiger partial charge in [-0.3, -0.25) is 4.79 Å². The molecule has 1 fully saturated rings. The zero-order valence-corrected chi connectivity index (χ0v) is 16.9. The second kappa shape index (κ2) is 9.01. The average molecular weight is 407 g/mol. The highest BCUT2D eigenvalue weighted by atomic mass is 35.5. The second-order valence-electron chi connectivity index (χ2n) is 7.08. The third-order valence-corrected chi connectivity index (χ3v) is 5.33. The molecule has 1 aliphatic rings. The lowest BCUT2D eigenvalue weighted by atomic mass is 10.2. The molecule has 1 heterocycles. The Kier molecular flexibility index (Phi) is 6.01. The second-order valence-corrected chi connectivity index (χ2v) is 7.49. The lowest BCUT2D eigenvalue weighted by Gasteiger charge is -2.23. The fourth-order valence-corrected chi connectivity index (χ4v) is 3.81. The standard InChI is InChI=1S/C24H23ClN2O2/c25-21-9-6-10-22(23(21)27-15-4-5-16-27)26-24(28)19-11-13-20(14-12-19)29-17-18-7-2-1-3-8-18/h1-3,6-14H,4-5,15-17H2,(H,26,28). The van der Waals surface area contributed by atoms with E-state index in [-0.39, 0.29) is 5.91 Å². The van der Waals surface area contributed by atoms with Crippen LogP contribution in [0.4, 0.5) is 11.4 Å². The minimum absolute atomic E-state index is 0.165. The van der Waals surface area contributed by atoms with Crippen LogP contribution in [0.2, 0.25) is 5.02 Å². The van der Waals surface area contributed by atoms with Gasteiger partial charge in [0.15, 0.2) is 0 Å². The molecule has 0 aliphatic carbocycles. The van der Waals surface area contributed by atoms with Gasteiger partial charge in [-0.2, -0.15) is 0 Å². The molecule has 1 saturated heterocycles. The van der Waals surface area contributed by atoms with Crippen LogP contribution in [-0.4, -0.2) is 19.0 Å². The molecule has 0 unspecified atom stereocenters. The maximum absolute atomic E-state index is 12.8. The predicted octanol–water partition coefficient (Wildman–Crippen LogP) is 5.77. The summed E-state index contributed by atoms with van der Waals surface area (Å²) in [5.74, 6) is 0.563. The van der Waals surface area contributed by atoms with Crippen LogP contribution in [0, 0.1) is 0 Å². The number of ether oxygens (including phenoxy) is 1. The van der Waals surface area contributed by atoms with E-state index in [0.29, 0.717) is 17.2 Å². The summed E-state index contributed by atoms with van der Waals surface area (Å²) in [6, 6.07) is 22.8. The molecule has 5 heteroatoms. The highest BCUT2D eigenvalue weighted by Crippen LogP contribution is 2.36. The van der Waals surface area contributed by atoms with E-state index < -0.39 is 0 Å². The van der Waals surface area contributed by atoms with Gasteiger partial charge in [0.05, 0.1) is 16.4 Å². The molecular weight excluding hydrogens is 384 g/mol. The van der Waals surface area contributed by atoms with Crippen LogP contribution in [0.1, 0.15) is 28.8 Å². The van der Waals surface area contributed by atoms with Crippen molar-refractivity contribution in [3.63, 3.8) is 0 Å². The van der Waals surface area contributed by atoms with Crippen molar-refractivity contribution in [1.82, 2.24) is 0 Å². The summed E-state index contributed by atoms with van der Waals surface area (Å²) < 4.78 is 5.79. The minimum atomic E-state index is -0.165. The first-order valence-corrected chi connectivity index (χ1v) is 10.2. The number of anilines is 2. The van der Waals surface area contributed by atoms with Crippen molar-refractivity contribution in [2.45, 2.75) is 19.4 Å². The number of hydrogen-bond acceptors (Lipinski definition) is 3. The number of para-hydroxylation sites is 1. The number of carbonyl (C=O) groups is 1. The predicted molar refractivity (Wildman–Crippen MR) is 118 cm³/mol. The van der Waals surface area contributed by atoms with Crippen molar-refractivity contribution >= 4 is 28.9 Å². The molecule has 0 atom stereocenters. The maximum atomic E-state index is 12.8. The molecule has 0 saturated carbocycles. The van der Waals surface area contributed by atoms with Gasteiger partial charge >= 0.3 is 0 Å². The van der Waals surface area contributed by atoms with E-state index in [9.17, 15) is 4.79 Å². The van der Waals surface area contributed by atoms with Crippen molar-refractivity contribution in [2.75, 3.05) is 23.3 Å². The van der Waals surface area contributed by atoms with Crippen LogP contribution in [0.15, 0.2) is 72.8 Å². The van der Waals surface area contributed by atoms with Crippen molar-refractivity contribution in [3.8, 4) is 5.75 Å². The molecule has 0 radical (unpaired) electrons. The van der Waals surface area contributed by atoms with Crippen molar-refractivity contribution < 1.29 is 9.53 Å². The third-order valence-electron chi connectivity index (χ3n) is 5.02. The number of carbonyl (C=O) groups excluding carboxylic acids is 1. The zero-order chi connectivity index (χ0) is 20.1. The highest BCUT2D eigenvalue weighted by Gasteiger charge is 2.20. The third kappa shape index (κ3) is 4.72. The zero-order valence-electron chi connectivity index (χ0n) is 16.1. The minimum Gasteiger partial charge on any atom is -0.489 e. The molecule has 4 nitrogen and oxygen atoms in total. The van der Waals surface area contributed by atoms with Gasteiger partial charge in [0.25, 0.3) is 5.91 Å². The summed E-state index contributed by atoms with van der Waals surface area (Å²) in [7, 11) is 0. The van der Waals surface area contributed by atoms with Gasteiger partial charge in [-0.05, 0) is 54.8 Å². The number of nitrogens with zero attached hydrogens (tertiary/aromatic N) is 1. The number of halogens is 1. The smallest absolute Gasteiger partial charge is 0.255 e. The molecule has 0 bridgehead atoms. The van der Waals surface area contributed by atoms with E-state index in [2.05, 4.69) is 10.2 Å². The van der Waals surface area contributed by atoms with Gasteiger partial charge < -0.3 is 15.0 Å². The number of hydrogen-bond donors (Lipinski definition) is 1. The SMILES string of the molecule is O=C(Nc1cccc(Cl)c1N1CCCC1)c1ccc(OCc2ccccc2)cc1. The van der Waals surface area contributed by atoms with E-state index in [1.54, 1.807) is 12.1 Å². The Bertz CT molecular complexity index is 968. The van der Waals surface area contributed by atoms with Crippen LogP contribution in [0.3, 0.4) is 0 Å². The molecule has 1 amide bonds. The Morgan fingerprint density at radius 1 is 0.931 bits per heavy atom. The van der Waals surface area contributed by atoms with Crippen LogP contribution < -0.4 is 15.0 Å². The largest absolute Gasteiger partial charge is 0.489 e. The molecule has 0 aromatic heterocycles. The maximum Gasteiger partial charge on any atom is 0.255 e. The fourth-order valence-electron chi connectivity index (χ4n) is 3.52. The van der Waals surface area contributed by atoms with Gasteiger partial charge in [0, 0.05) is 18.7 Å². The molecule has 1 aliphatic heterocycles. The van der Waals surface area contributed by atoms with Gasteiger partial charge in [0.2, 0.25) is 0 Å². The summed E-state index contributed by atoms with van der Waals surface area (Å²) in [5, 5.41) is 3.68. The first kappa shape index (κ1) is 19.3. The summed E-state index contributed by atoms with van der Waals surface area (Å²) >= 11 is 6.44. The topological polar surface area (TPSA) is 41.6 Å². The molecular formula is C24H23ClN2O2. The van der Waals surface area contributed by atoms with Crippen LogP contribution in [-0.2, 0) is 6.61 Å². The number of benzene rings is 3. The summed E-state index contributed by atoms with van der Waals surface area (Å²) in [6.07, 6.45) is 2.28. The van der Waals surface area contributed by atoms with Crippen molar-refractivity contribution in [1.29, 1.82) is 0 Å². The lowest BCUT2D eigenvalue weighted by molar-refractivity contribution is 0.102. The Morgan fingerprint density at radius 2 is 1.66 bits per heavy atom. The summed E-state index contributed by atoms with van der Waals surface area (Å²) in [4.78, 5) is 15.0. The quantitative estimate of drug-likeness (QED) is 0.564. The van der Waals surface area contributed by atoms with Crippen LogP contribution >= 0.6 is 11.6 Å². The molecule has 3 aromatic rings. The molecule has 29 heavy (non-hydrogen) atoms. The number of amides is 1. The molecule has 148 valence electrons. The van der Waals surface area contributed by atoms with E-state index in [0.717, 1.165) is 48.6 Å². The van der Waals surface area contributed by atoms with E-state index >= 15 is 0 Å². The average Bonchev–Trinajstić information content (AvgIpc) is 3.28. The molecule has 4 rings (SSSR count). The highest BCUT2D eigenvalue weighted by molar-refractivity contribution is 6.34. The van der Waals surface area contributed by atoms with Crippen LogP contribution in [0.25, 0.3) is 0 Å². The number of rotatable bonds is 6. The normalized spacial score (nSPS) is 13.3. The van der Waals surface area contributed by atoms with Gasteiger partial charge in [0.1, 0.15) is 12.4 Å². The van der Waals surface area contributed by atoms with Crippen molar-refractivity contribution in [2.24, 2.45) is 0 Å². The lowest BCUT2D eigenvalue weighted by Crippen LogP contribution is -2.21. The number of nitrogens with one attached hydrogen (secondary N) is 1. The van der Waals surface area contributed by atoms with Gasteiger partial charge in [-0.1, -0.05) is 48.0 Å².